The van der Waals surface area contributed by atoms with Gasteiger partial charge in [-0.15, -0.1) is 0 Å². The molecule has 0 saturated heterocycles. The van der Waals surface area contributed by atoms with E-state index in [-0.39, 0.29) is 5.41 Å². The quantitative estimate of drug-likeness (QED) is 0.716. The van der Waals surface area contributed by atoms with Crippen LogP contribution in [0.3, 0.4) is 0 Å². The Labute approximate surface area is 137 Å². The molecule has 0 spiro atoms. The van der Waals surface area contributed by atoms with Gasteiger partial charge in [0.2, 0.25) is 0 Å². The summed E-state index contributed by atoms with van der Waals surface area (Å²) in [6.07, 6.45) is 0. The van der Waals surface area contributed by atoms with E-state index in [1.807, 2.05) is 43.3 Å². The van der Waals surface area contributed by atoms with Gasteiger partial charge in [0.25, 0.3) is 0 Å². The molecule has 2 rings (SSSR count). The van der Waals surface area contributed by atoms with E-state index in [1.165, 1.54) is 5.56 Å². The lowest BCUT2D eigenvalue weighted by Gasteiger charge is -2.23. The van der Waals surface area contributed by atoms with Crippen LogP contribution < -0.4 is 5.32 Å². The van der Waals surface area contributed by atoms with E-state index >= 15 is 0 Å². The van der Waals surface area contributed by atoms with E-state index in [4.69, 9.17) is 0 Å². The first-order valence-electron chi connectivity index (χ1n) is 7.56. The second kappa shape index (κ2) is 6.48. The number of nitrogens with one attached hydrogen (secondary N) is 1. The monoisotopic (exact) mass is 333 g/mol. The normalized spacial score (nSPS) is 13.7. The fourth-order valence-corrected chi connectivity index (χ4v) is 3.21. The van der Waals surface area contributed by atoms with Gasteiger partial charge in [0, 0.05) is 5.69 Å². The molecule has 2 aromatic carbocycles. The standard InChI is InChI=1S/C18H24NO3P/c1-13-5-7-14(8-6-13)17(23(20,21)22)19-16-11-9-15(10-12-16)18(2,3)4/h5-12,17,19H,1-4H3,(H2,20,21,22)/t17-/m1/s1. The summed E-state index contributed by atoms with van der Waals surface area (Å²) >= 11 is 0. The Morgan fingerprint density at radius 2 is 1.48 bits per heavy atom. The lowest BCUT2D eigenvalue weighted by Crippen LogP contribution is -2.13. The highest BCUT2D eigenvalue weighted by atomic mass is 31.2. The smallest absolute Gasteiger partial charge is 0.352 e. The minimum absolute atomic E-state index is 0.0398. The summed E-state index contributed by atoms with van der Waals surface area (Å²) < 4.78 is 11.9. The van der Waals surface area contributed by atoms with E-state index in [0.29, 0.717) is 11.3 Å². The Bertz CT molecular complexity index is 697. The Balaban J connectivity index is 2.29. The fourth-order valence-electron chi connectivity index (χ4n) is 2.33. The van der Waals surface area contributed by atoms with Crippen LogP contribution in [0.2, 0.25) is 0 Å². The molecule has 0 aromatic heterocycles. The number of rotatable bonds is 4. The van der Waals surface area contributed by atoms with E-state index in [2.05, 4.69) is 26.1 Å². The zero-order valence-electron chi connectivity index (χ0n) is 13.9. The predicted octanol–water partition coefficient (Wildman–Crippen LogP) is 4.58. The highest BCUT2D eigenvalue weighted by Crippen LogP contribution is 2.51. The van der Waals surface area contributed by atoms with Crippen molar-refractivity contribution in [2.24, 2.45) is 0 Å². The van der Waals surface area contributed by atoms with Crippen LogP contribution in [0.5, 0.6) is 0 Å². The summed E-state index contributed by atoms with van der Waals surface area (Å²) in [7, 11) is -4.33. The van der Waals surface area contributed by atoms with Crippen LogP contribution in [0.1, 0.15) is 43.2 Å². The maximum absolute atomic E-state index is 11.9. The van der Waals surface area contributed by atoms with Crippen molar-refractivity contribution in [2.45, 2.75) is 38.9 Å². The van der Waals surface area contributed by atoms with Crippen LogP contribution in [-0.4, -0.2) is 9.79 Å². The number of hydrogen-bond donors (Lipinski definition) is 3. The molecule has 0 aliphatic carbocycles. The predicted molar refractivity (Wildman–Crippen MR) is 94.7 cm³/mol. The SMILES string of the molecule is Cc1ccc([C@H](Nc2ccc(C(C)(C)C)cc2)P(=O)(O)O)cc1. The molecule has 0 amide bonds. The highest BCUT2D eigenvalue weighted by molar-refractivity contribution is 7.52. The van der Waals surface area contributed by atoms with E-state index in [9.17, 15) is 14.4 Å². The second-order valence-electron chi connectivity index (χ2n) is 6.87. The number of aryl methyl sites for hydroxylation is 1. The molecule has 4 nitrogen and oxygen atoms in total. The average molecular weight is 333 g/mol. The Morgan fingerprint density at radius 3 is 1.91 bits per heavy atom. The third kappa shape index (κ3) is 4.68. The van der Waals surface area contributed by atoms with Gasteiger partial charge in [0.1, 0.15) is 0 Å². The minimum atomic E-state index is -4.33. The fraction of sp³-hybridized carbons (Fsp3) is 0.333. The van der Waals surface area contributed by atoms with Gasteiger partial charge in [-0.3, -0.25) is 4.57 Å². The zero-order valence-corrected chi connectivity index (χ0v) is 14.8. The first kappa shape index (κ1) is 17.7. The van der Waals surface area contributed by atoms with Crippen molar-refractivity contribution < 1.29 is 14.4 Å². The van der Waals surface area contributed by atoms with Crippen LogP contribution in [-0.2, 0) is 9.98 Å². The van der Waals surface area contributed by atoms with Gasteiger partial charge >= 0.3 is 7.60 Å². The molecule has 1 atom stereocenters. The lowest BCUT2D eigenvalue weighted by molar-refractivity contribution is 0.363. The van der Waals surface area contributed by atoms with Crippen LogP contribution in [0.25, 0.3) is 0 Å². The van der Waals surface area contributed by atoms with Crippen LogP contribution in [0.4, 0.5) is 5.69 Å². The molecule has 0 aliphatic rings. The van der Waals surface area contributed by atoms with Gasteiger partial charge < -0.3 is 15.1 Å². The minimum Gasteiger partial charge on any atom is -0.368 e. The molecular weight excluding hydrogens is 309 g/mol. The van der Waals surface area contributed by atoms with Gasteiger partial charge in [-0.05, 0) is 35.6 Å². The van der Waals surface area contributed by atoms with Crippen molar-refractivity contribution in [1.29, 1.82) is 0 Å². The maximum Gasteiger partial charge on any atom is 0.352 e. The molecule has 2 aromatic rings. The number of benzene rings is 2. The summed E-state index contributed by atoms with van der Waals surface area (Å²) in [5, 5.41) is 2.97. The number of anilines is 1. The van der Waals surface area contributed by atoms with Gasteiger partial charge in [-0.25, -0.2) is 0 Å². The zero-order chi connectivity index (χ0) is 17.3. The average Bonchev–Trinajstić information content (AvgIpc) is 2.44. The summed E-state index contributed by atoms with van der Waals surface area (Å²) in [5.74, 6) is -1.05. The third-order valence-corrected chi connectivity index (χ3v) is 4.88. The molecule has 124 valence electrons. The highest BCUT2D eigenvalue weighted by Gasteiger charge is 2.30. The molecule has 0 heterocycles. The molecule has 0 unspecified atom stereocenters. The third-order valence-electron chi connectivity index (χ3n) is 3.78. The molecule has 0 aliphatic heterocycles. The first-order chi connectivity index (χ1) is 10.6. The summed E-state index contributed by atoms with van der Waals surface area (Å²) in [5.41, 5.74) is 3.52. The van der Waals surface area contributed by atoms with Crippen LogP contribution in [0, 0.1) is 6.92 Å². The van der Waals surface area contributed by atoms with Crippen molar-refractivity contribution >= 4 is 13.3 Å². The maximum atomic E-state index is 11.9. The van der Waals surface area contributed by atoms with Crippen LogP contribution >= 0.6 is 7.60 Å². The van der Waals surface area contributed by atoms with Gasteiger partial charge in [0.05, 0.1) is 0 Å². The van der Waals surface area contributed by atoms with Crippen molar-refractivity contribution in [1.82, 2.24) is 0 Å². The molecule has 0 bridgehead atoms. The summed E-state index contributed by atoms with van der Waals surface area (Å²) in [4.78, 5) is 19.4. The largest absolute Gasteiger partial charge is 0.368 e. The number of hydrogen-bond acceptors (Lipinski definition) is 2. The molecule has 23 heavy (non-hydrogen) atoms. The lowest BCUT2D eigenvalue weighted by atomic mass is 9.87. The van der Waals surface area contributed by atoms with Crippen molar-refractivity contribution in [3.63, 3.8) is 0 Å². The topological polar surface area (TPSA) is 69.6 Å². The molecule has 0 fully saturated rings. The van der Waals surface area contributed by atoms with E-state index in [1.54, 1.807) is 12.1 Å². The Morgan fingerprint density at radius 1 is 0.957 bits per heavy atom. The van der Waals surface area contributed by atoms with Gasteiger partial charge in [-0.1, -0.05) is 62.7 Å². The van der Waals surface area contributed by atoms with Crippen molar-refractivity contribution in [3.05, 3.63) is 65.2 Å². The summed E-state index contributed by atoms with van der Waals surface area (Å²) in [6.45, 7) is 8.31. The summed E-state index contributed by atoms with van der Waals surface area (Å²) in [6, 6.07) is 14.9. The Kier molecular flexibility index (Phi) is 5.00. The van der Waals surface area contributed by atoms with Crippen molar-refractivity contribution in [2.75, 3.05) is 5.32 Å². The van der Waals surface area contributed by atoms with E-state index < -0.39 is 13.4 Å². The van der Waals surface area contributed by atoms with Crippen LogP contribution in [0.15, 0.2) is 48.5 Å². The Hall–Kier alpha value is -1.61. The van der Waals surface area contributed by atoms with Crippen molar-refractivity contribution in [3.8, 4) is 0 Å². The molecule has 0 radical (unpaired) electrons. The van der Waals surface area contributed by atoms with Gasteiger partial charge in [0.15, 0.2) is 5.78 Å². The second-order valence-corrected chi connectivity index (χ2v) is 8.57. The molecule has 5 heteroatoms. The molecule has 3 N–H and O–H groups in total. The first-order valence-corrected chi connectivity index (χ1v) is 9.24. The molecule has 0 saturated carbocycles. The molecular formula is C18H24NO3P. The van der Waals surface area contributed by atoms with E-state index in [0.717, 1.165) is 5.56 Å². The van der Waals surface area contributed by atoms with Gasteiger partial charge in [-0.2, -0.15) is 0 Å².